The average molecular weight is 303 g/mol. The minimum absolute atomic E-state index is 0.0654. The van der Waals surface area contributed by atoms with E-state index in [1.807, 2.05) is 11.0 Å². The number of primary amides is 1. The summed E-state index contributed by atoms with van der Waals surface area (Å²) in [4.78, 5) is 25.6. The van der Waals surface area contributed by atoms with Crippen LogP contribution in [0, 0.1) is 13.8 Å². The van der Waals surface area contributed by atoms with Crippen molar-refractivity contribution in [3.8, 4) is 0 Å². The lowest BCUT2D eigenvalue weighted by Gasteiger charge is -2.38. The van der Waals surface area contributed by atoms with Gasteiger partial charge in [0.2, 0.25) is 5.91 Å². The fourth-order valence-electron chi connectivity index (χ4n) is 3.18. The van der Waals surface area contributed by atoms with Crippen LogP contribution in [-0.2, 0) is 4.79 Å². The van der Waals surface area contributed by atoms with Gasteiger partial charge in [0.05, 0.1) is 6.04 Å². The van der Waals surface area contributed by atoms with Gasteiger partial charge in [-0.25, -0.2) is 4.79 Å². The normalized spacial score (nSPS) is 19.6. The molecule has 3 amide bonds. The summed E-state index contributed by atoms with van der Waals surface area (Å²) in [6.45, 7) is 6.60. The summed E-state index contributed by atoms with van der Waals surface area (Å²) in [7, 11) is 0. The third kappa shape index (κ3) is 3.40. The van der Waals surface area contributed by atoms with Crippen molar-refractivity contribution in [2.75, 3.05) is 6.54 Å². The van der Waals surface area contributed by atoms with Crippen LogP contribution in [0.5, 0.6) is 0 Å². The minimum atomic E-state index is -0.666. The topological polar surface area (TPSA) is 75.4 Å². The quantitative estimate of drug-likeness (QED) is 0.899. The predicted molar refractivity (Wildman–Crippen MR) is 86.4 cm³/mol. The molecule has 0 aliphatic carbocycles. The summed E-state index contributed by atoms with van der Waals surface area (Å²) in [6, 6.07) is 5.05. The molecule has 2 atom stereocenters. The summed E-state index contributed by atoms with van der Waals surface area (Å²) in [6.07, 6.45) is 3.06. The van der Waals surface area contributed by atoms with Crippen LogP contribution in [0.3, 0.4) is 0 Å². The molecule has 0 bridgehead atoms. The maximum atomic E-state index is 12.7. The monoisotopic (exact) mass is 303 g/mol. The molecule has 1 heterocycles. The van der Waals surface area contributed by atoms with E-state index < -0.39 is 12.1 Å². The van der Waals surface area contributed by atoms with Crippen molar-refractivity contribution in [3.05, 3.63) is 34.9 Å². The first-order chi connectivity index (χ1) is 10.4. The number of hydrogen-bond acceptors (Lipinski definition) is 2. The maximum absolute atomic E-state index is 12.7. The smallest absolute Gasteiger partial charge is 0.312 e. The summed E-state index contributed by atoms with van der Waals surface area (Å²) in [5.74, 6) is -0.0654. The SMILES string of the molecule is Cc1cccc([C@H]2CCCCN2C(=O)[C@H](C)NC(N)=O)c1C. The Morgan fingerprint density at radius 2 is 2.05 bits per heavy atom. The first-order valence-electron chi connectivity index (χ1n) is 7.84. The molecular weight excluding hydrogens is 278 g/mol. The zero-order valence-corrected chi connectivity index (χ0v) is 13.6. The maximum Gasteiger partial charge on any atom is 0.312 e. The number of benzene rings is 1. The van der Waals surface area contributed by atoms with Crippen LogP contribution in [0.2, 0.25) is 0 Å². The summed E-state index contributed by atoms with van der Waals surface area (Å²) in [5, 5.41) is 2.49. The van der Waals surface area contributed by atoms with Gasteiger partial charge in [-0.1, -0.05) is 18.2 Å². The van der Waals surface area contributed by atoms with Crippen LogP contribution < -0.4 is 11.1 Å². The summed E-state index contributed by atoms with van der Waals surface area (Å²) in [5.41, 5.74) is 8.81. The number of nitrogens with two attached hydrogens (primary N) is 1. The largest absolute Gasteiger partial charge is 0.352 e. The molecule has 1 aliphatic rings. The van der Waals surface area contributed by atoms with Gasteiger partial charge in [-0.3, -0.25) is 4.79 Å². The molecule has 2 rings (SSSR count). The van der Waals surface area contributed by atoms with Gasteiger partial charge in [0, 0.05) is 6.54 Å². The fraction of sp³-hybridized carbons (Fsp3) is 0.529. The van der Waals surface area contributed by atoms with Crippen molar-refractivity contribution in [3.63, 3.8) is 0 Å². The van der Waals surface area contributed by atoms with Crippen LogP contribution in [0.15, 0.2) is 18.2 Å². The Morgan fingerprint density at radius 1 is 1.32 bits per heavy atom. The molecule has 1 fully saturated rings. The van der Waals surface area contributed by atoms with Crippen molar-refractivity contribution < 1.29 is 9.59 Å². The number of hydrogen-bond donors (Lipinski definition) is 2. The lowest BCUT2D eigenvalue weighted by Crippen LogP contribution is -2.50. The highest BCUT2D eigenvalue weighted by atomic mass is 16.2. The van der Waals surface area contributed by atoms with Crippen molar-refractivity contribution in [1.29, 1.82) is 0 Å². The van der Waals surface area contributed by atoms with Gasteiger partial charge in [0.15, 0.2) is 0 Å². The number of aryl methyl sites for hydroxylation is 1. The standard InChI is InChI=1S/C17H25N3O2/c1-11-7-6-8-14(12(11)2)15-9-4-5-10-20(15)16(21)13(3)19-17(18)22/h6-8,13,15H,4-5,9-10H2,1-3H3,(H3,18,19,22)/t13-,15+/m0/s1. The van der Waals surface area contributed by atoms with E-state index in [1.165, 1.54) is 16.7 Å². The van der Waals surface area contributed by atoms with E-state index in [1.54, 1.807) is 6.92 Å². The van der Waals surface area contributed by atoms with Crippen molar-refractivity contribution in [2.45, 2.75) is 52.1 Å². The van der Waals surface area contributed by atoms with Crippen molar-refractivity contribution >= 4 is 11.9 Å². The molecule has 22 heavy (non-hydrogen) atoms. The second kappa shape index (κ2) is 6.81. The molecule has 0 aromatic heterocycles. The predicted octanol–water partition coefficient (Wildman–Crippen LogP) is 2.41. The molecular formula is C17H25N3O2. The molecule has 1 saturated heterocycles. The van der Waals surface area contributed by atoms with E-state index in [9.17, 15) is 9.59 Å². The van der Waals surface area contributed by atoms with Crippen LogP contribution in [0.4, 0.5) is 4.79 Å². The summed E-state index contributed by atoms with van der Waals surface area (Å²) < 4.78 is 0. The van der Waals surface area contributed by atoms with E-state index in [0.717, 1.165) is 25.8 Å². The van der Waals surface area contributed by atoms with E-state index in [4.69, 9.17) is 5.73 Å². The third-order valence-electron chi connectivity index (χ3n) is 4.52. The number of likely N-dealkylation sites (tertiary alicyclic amines) is 1. The highest BCUT2D eigenvalue weighted by molar-refractivity contribution is 5.86. The third-order valence-corrected chi connectivity index (χ3v) is 4.52. The number of urea groups is 1. The van der Waals surface area contributed by atoms with Crippen molar-refractivity contribution in [1.82, 2.24) is 10.2 Å². The second-order valence-electron chi connectivity index (χ2n) is 6.06. The number of nitrogens with zero attached hydrogens (tertiary/aromatic N) is 1. The Kier molecular flexibility index (Phi) is 5.06. The number of piperidine rings is 1. The van der Waals surface area contributed by atoms with E-state index >= 15 is 0 Å². The molecule has 0 spiro atoms. The van der Waals surface area contributed by atoms with Crippen molar-refractivity contribution in [2.24, 2.45) is 5.73 Å². The van der Waals surface area contributed by atoms with Gasteiger partial charge in [0.25, 0.3) is 0 Å². The van der Waals surface area contributed by atoms with E-state index in [2.05, 4.69) is 31.3 Å². The van der Waals surface area contributed by atoms with Gasteiger partial charge in [0.1, 0.15) is 6.04 Å². The molecule has 3 N–H and O–H groups in total. The molecule has 1 aromatic rings. The number of rotatable bonds is 3. The second-order valence-corrected chi connectivity index (χ2v) is 6.06. The van der Waals surface area contributed by atoms with Crippen LogP contribution >= 0.6 is 0 Å². The zero-order valence-electron chi connectivity index (χ0n) is 13.6. The van der Waals surface area contributed by atoms with Gasteiger partial charge in [-0.05, 0) is 56.7 Å². The van der Waals surface area contributed by atoms with Gasteiger partial charge < -0.3 is 16.0 Å². The Balaban J connectivity index is 2.26. The summed E-state index contributed by atoms with van der Waals surface area (Å²) >= 11 is 0. The van der Waals surface area contributed by atoms with Crippen LogP contribution in [0.25, 0.3) is 0 Å². The number of amides is 3. The first-order valence-corrected chi connectivity index (χ1v) is 7.84. The van der Waals surface area contributed by atoms with Gasteiger partial charge in [-0.15, -0.1) is 0 Å². The molecule has 5 heteroatoms. The molecule has 5 nitrogen and oxygen atoms in total. The van der Waals surface area contributed by atoms with E-state index in [-0.39, 0.29) is 11.9 Å². The van der Waals surface area contributed by atoms with Gasteiger partial charge in [-0.2, -0.15) is 0 Å². The van der Waals surface area contributed by atoms with E-state index in [0.29, 0.717) is 0 Å². The average Bonchev–Trinajstić information content (AvgIpc) is 2.48. The Bertz CT molecular complexity index is 571. The van der Waals surface area contributed by atoms with Crippen LogP contribution in [-0.4, -0.2) is 29.4 Å². The zero-order chi connectivity index (χ0) is 16.3. The lowest BCUT2D eigenvalue weighted by atomic mass is 9.90. The molecule has 0 unspecified atom stereocenters. The highest BCUT2D eigenvalue weighted by Gasteiger charge is 2.31. The fourth-order valence-corrected chi connectivity index (χ4v) is 3.18. The minimum Gasteiger partial charge on any atom is -0.352 e. The first kappa shape index (κ1) is 16.3. The molecule has 120 valence electrons. The Hall–Kier alpha value is -2.04. The number of carbonyl (C=O) groups is 2. The lowest BCUT2D eigenvalue weighted by molar-refractivity contribution is -0.136. The van der Waals surface area contributed by atoms with Crippen LogP contribution in [0.1, 0.15) is 48.9 Å². The highest BCUT2D eigenvalue weighted by Crippen LogP contribution is 2.33. The molecule has 1 aromatic carbocycles. The van der Waals surface area contributed by atoms with Gasteiger partial charge >= 0.3 is 6.03 Å². The Morgan fingerprint density at radius 3 is 2.73 bits per heavy atom. The molecule has 0 radical (unpaired) electrons. The molecule has 0 saturated carbocycles. The number of nitrogens with one attached hydrogen (secondary N) is 1. The molecule has 1 aliphatic heterocycles. The Labute approximate surface area is 131 Å². The number of carbonyl (C=O) groups excluding carboxylic acids is 2.